The van der Waals surface area contributed by atoms with Crippen LogP contribution in [0.3, 0.4) is 0 Å². The van der Waals surface area contributed by atoms with E-state index in [0.717, 1.165) is 4.57 Å². The molecule has 1 aromatic heterocycles. The summed E-state index contributed by atoms with van der Waals surface area (Å²) in [6.07, 6.45) is 0. The second kappa shape index (κ2) is 6.29. The number of methoxy groups -OCH3 is 1. The predicted octanol–water partition coefficient (Wildman–Crippen LogP) is 1.23. The van der Waals surface area contributed by atoms with E-state index < -0.39 is 29.0 Å². The molecule has 7 nitrogen and oxygen atoms in total. The summed E-state index contributed by atoms with van der Waals surface area (Å²) in [5, 5.41) is 2.95. The number of nitrogens with one attached hydrogen (secondary N) is 1. The van der Waals surface area contributed by atoms with Gasteiger partial charge in [0.25, 0.3) is 5.56 Å². The number of allylic oxidation sites excluding steroid dienone is 1. The Hall–Kier alpha value is -3.16. The van der Waals surface area contributed by atoms with Gasteiger partial charge in [-0.3, -0.25) is 13.9 Å². The molecule has 3 rings (SSSR count). The Morgan fingerprint density at radius 1 is 1.23 bits per heavy atom. The van der Waals surface area contributed by atoms with Crippen molar-refractivity contribution in [3.63, 3.8) is 0 Å². The van der Waals surface area contributed by atoms with Gasteiger partial charge in [-0.15, -0.1) is 0 Å². The zero-order chi connectivity index (χ0) is 19.2. The fraction of sp³-hybridized carbons (Fsp3) is 0.278. The molecule has 0 saturated carbocycles. The maximum absolute atomic E-state index is 13.8. The van der Waals surface area contributed by atoms with Crippen LogP contribution in [0.5, 0.6) is 0 Å². The molecule has 0 amide bonds. The highest BCUT2D eigenvalue weighted by Gasteiger charge is 2.37. The topological polar surface area (TPSA) is 82.3 Å². The van der Waals surface area contributed by atoms with Gasteiger partial charge in [0.1, 0.15) is 11.6 Å². The summed E-state index contributed by atoms with van der Waals surface area (Å²) in [4.78, 5) is 37.5. The molecule has 0 spiro atoms. The summed E-state index contributed by atoms with van der Waals surface area (Å²) in [6, 6.07) is 5.67. The summed E-state index contributed by atoms with van der Waals surface area (Å²) in [6.45, 7) is 1.64. The molecule has 0 saturated heterocycles. The number of esters is 1. The third-order valence-corrected chi connectivity index (χ3v) is 4.57. The molecule has 1 aromatic carbocycles. The van der Waals surface area contributed by atoms with E-state index in [-0.39, 0.29) is 17.0 Å². The number of nitrogens with zero attached hydrogens (tertiary/aromatic N) is 2. The average molecular weight is 359 g/mol. The van der Waals surface area contributed by atoms with E-state index in [0.29, 0.717) is 11.3 Å². The summed E-state index contributed by atoms with van der Waals surface area (Å²) in [5.41, 5.74) is 0.171. The highest BCUT2D eigenvalue weighted by Crippen LogP contribution is 2.39. The Morgan fingerprint density at radius 3 is 2.54 bits per heavy atom. The van der Waals surface area contributed by atoms with Crippen LogP contribution in [-0.4, -0.2) is 22.2 Å². The standard InChI is InChI=1S/C18H18FN3O4/c1-9-12(17(24)26-4)13(10-6-5-7-11(19)8-10)14-15(20-9)21(2)18(25)22(3)16(14)23/h5-8,13,20H,1-4H3. The van der Waals surface area contributed by atoms with Crippen molar-refractivity contribution in [1.29, 1.82) is 0 Å². The molecule has 1 N–H and O–H groups in total. The van der Waals surface area contributed by atoms with E-state index in [2.05, 4.69) is 5.32 Å². The first-order chi connectivity index (χ1) is 12.3. The van der Waals surface area contributed by atoms with Crippen LogP contribution < -0.4 is 16.6 Å². The molecule has 1 unspecified atom stereocenters. The highest BCUT2D eigenvalue weighted by atomic mass is 19.1. The number of carbonyl (C=O) groups excluding carboxylic acids is 1. The van der Waals surface area contributed by atoms with Crippen LogP contribution in [-0.2, 0) is 23.6 Å². The van der Waals surface area contributed by atoms with E-state index in [1.165, 1.54) is 44.0 Å². The lowest BCUT2D eigenvalue weighted by molar-refractivity contribution is -0.136. The van der Waals surface area contributed by atoms with Crippen LogP contribution in [0.1, 0.15) is 24.0 Å². The fourth-order valence-electron chi connectivity index (χ4n) is 3.29. The smallest absolute Gasteiger partial charge is 0.336 e. The van der Waals surface area contributed by atoms with Gasteiger partial charge < -0.3 is 10.1 Å². The molecule has 2 heterocycles. The van der Waals surface area contributed by atoms with E-state index in [4.69, 9.17) is 4.74 Å². The van der Waals surface area contributed by atoms with Gasteiger partial charge in [0, 0.05) is 19.8 Å². The number of ether oxygens (including phenoxy) is 1. The molecule has 1 aliphatic heterocycles. The van der Waals surface area contributed by atoms with Gasteiger partial charge in [-0.05, 0) is 24.6 Å². The van der Waals surface area contributed by atoms with Gasteiger partial charge in [0.05, 0.1) is 24.2 Å². The number of hydrogen-bond acceptors (Lipinski definition) is 5. The molecule has 1 atom stereocenters. The van der Waals surface area contributed by atoms with Crippen molar-refractivity contribution in [3.05, 3.63) is 73.3 Å². The summed E-state index contributed by atoms with van der Waals surface area (Å²) < 4.78 is 21.0. The molecule has 26 heavy (non-hydrogen) atoms. The monoisotopic (exact) mass is 359 g/mol. The number of fused-ring (bicyclic) bond motifs is 1. The number of carbonyl (C=O) groups is 1. The Morgan fingerprint density at radius 2 is 1.92 bits per heavy atom. The number of anilines is 1. The van der Waals surface area contributed by atoms with Crippen molar-refractivity contribution in [3.8, 4) is 0 Å². The quantitative estimate of drug-likeness (QED) is 0.816. The van der Waals surface area contributed by atoms with E-state index in [9.17, 15) is 18.8 Å². The maximum Gasteiger partial charge on any atom is 0.336 e. The zero-order valence-corrected chi connectivity index (χ0v) is 14.8. The van der Waals surface area contributed by atoms with Crippen LogP contribution >= 0.6 is 0 Å². The fourth-order valence-corrected chi connectivity index (χ4v) is 3.29. The first kappa shape index (κ1) is 17.7. The third-order valence-electron chi connectivity index (χ3n) is 4.57. The molecular formula is C18H18FN3O4. The van der Waals surface area contributed by atoms with Gasteiger partial charge in [-0.1, -0.05) is 12.1 Å². The normalized spacial score (nSPS) is 16.1. The maximum atomic E-state index is 13.8. The Balaban J connectivity index is 2.43. The van der Waals surface area contributed by atoms with Crippen molar-refractivity contribution in [2.75, 3.05) is 12.4 Å². The number of rotatable bonds is 2. The average Bonchev–Trinajstić information content (AvgIpc) is 2.63. The van der Waals surface area contributed by atoms with Crippen LogP contribution in [0.2, 0.25) is 0 Å². The molecule has 0 radical (unpaired) electrons. The van der Waals surface area contributed by atoms with Crippen molar-refractivity contribution in [2.24, 2.45) is 14.1 Å². The number of halogens is 1. The lowest BCUT2D eigenvalue weighted by atomic mass is 9.82. The van der Waals surface area contributed by atoms with Gasteiger partial charge in [0.2, 0.25) is 0 Å². The second-order valence-electron chi connectivity index (χ2n) is 6.11. The van der Waals surface area contributed by atoms with Crippen LogP contribution in [0.25, 0.3) is 0 Å². The van der Waals surface area contributed by atoms with Gasteiger partial charge in [-0.2, -0.15) is 0 Å². The Labute approximate surface area is 148 Å². The van der Waals surface area contributed by atoms with Crippen molar-refractivity contribution >= 4 is 11.8 Å². The van der Waals surface area contributed by atoms with Crippen molar-refractivity contribution in [1.82, 2.24) is 9.13 Å². The first-order valence-corrected chi connectivity index (χ1v) is 7.89. The van der Waals surface area contributed by atoms with Crippen LogP contribution in [0.4, 0.5) is 10.2 Å². The number of hydrogen-bond donors (Lipinski definition) is 1. The largest absolute Gasteiger partial charge is 0.466 e. The van der Waals surface area contributed by atoms with Crippen molar-refractivity contribution < 1.29 is 13.9 Å². The molecule has 8 heteroatoms. The molecule has 0 aliphatic carbocycles. The molecular weight excluding hydrogens is 341 g/mol. The molecule has 2 aromatic rings. The first-order valence-electron chi connectivity index (χ1n) is 7.89. The van der Waals surface area contributed by atoms with Gasteiger partial charge in [0.15, 0.2) is 0 Å². The predicted molar refractivity (Wildman–Crippen MR) is 93.5 cm³/mol. The van der Waals surface area contributed by atoms with Gasteiger partial charge in [-0.25, -0.2) is 14.0 Å². The summed E-state index contributed by atoms with van der Waals surface area (Å²) >= 11 is 0. The van der Waals surface area contributed by atoms with E-state index in [1.807, 2.05) is 0 Å². The van der Waals surface area contributed by atoms with Crippen molar-refractivity contribution in [2.45, 2.75) is 12.8 Å². The van der Waals surface area contributed by atoms with E-state index >= 15 is 0 Å². The minimum atomic E-state index is -0.861. The van der Waals surface area contributed by atoms with Gasteiger partial charge >= 0.3 is 11.7 Å². The minimum Gasteiger partial charge on any atom is -0.466 e. The third kappa shape index (κ3) is 2.54. The lowest BCUT2D eigenvalue weighted by Gasteiger charge is -2.30. The van der Waals surface area contributed by atoms with E-state index in [1.54, 1.807) is 13.0 Å². The summed E-state index contributed by atoms with van der Waals surface area (Å²) in [5.74, 6) is -1.71. The second-order valence-corrected chi connectivity index (χ2v) is 6.11. The zero-order valence-electron chi connectivity index (χ0n) is 14.8. The Bertz CT molecular complexity index is 1070. The number of benzene rings is 1. The molecule has 0 fully saturated rings. The molecule has 136 valence electrons. The SMILES string of the molecule is COC(=O)C1=C(C)Nc2c(c(=O)n(C)c(=O)n2C)C1c1cccc(F)c1. The minimum absolute atomic E-state index is 0.186. The van der Waals surface area contributed by atoms with Crippen LogP contribution in [0, 0.1) is 5.82 Å². The highest BCUT2D eigenvalue weighted by molar-refractivity contribution is 5.94. The Kier molecular flexibility index (Phi) is 4.27. The number of aromatic nitrogens is 2. The molecule has 1 aliphatic rings. The molecule has 0 bridgehead atoms. The summed E-state index contributed by atoms with van der Waals surface area (Å²) in [7, 11) is 4.11. The lowest BCUT2D eigenvalue weighted by Crippen LogP contribution is -2.43. The van der Waals surface area contributed by atoms with Crippen LogP contribution in [0.15, 0.2) is 45.1 Å².